The molecule has 1 aromatic carbocycles. The fraction of sp³-hybridized carbons (Fsp3) is 0.500. The molecule has 1 aromatic heterocycles. The molecular formula is C22H30N4O4S3. The van der Waals surface area contributed by atoms with E-state index in [1.807, 2.05) is 19.9 Å². The summed E-state index contributed by atoms with van der Waals surface area (Å²) in [6.07, 6.45) is 1.93. The zero-order chi connectivity index (χ0) is 23.8. The molecule has 1 saturated carbocycles. The Morgan fingerprint density at radius 2 is 2.06 bits per heavy atom. The van der Waals surface area contributed by atoms with Crippen molar-refractivity contribution in [2.24, 2.45) is 0 Å². The summed E-state index contributed by atoms with van der Waals surface area (Å²) in [7, 11) is -3.79. The van der Waals surface area contributed by atoms with Gasteiger partial charge in [0.15, 0.2) is 9.92 Å². The van der Waals surface area contributed by atoms with Crippen LogP contribution in [0.1, 0.15) is 85.3 Å². The van der Waals surface area contributed by atoms with Crippen molar-refractivity contribution in [1.82, 2.24) is 9.71 Å². The van der Waals surface area contributed by atoms with Crippen molar-refractivity contribution in [3.8, 4) is 6.07 Å². The first-order valence-electron chi connectivity index (χ1n) is 10.4. The highest BCUT2D eigenvalue weighted by molar-refractivity contribution is 7.93. The number of nitrogens with one attached hydrogen (secondary N) is 2. The first-order chi connectivity index (χ1) is 14.9. The number of aliphatic hydroxyl groups is 2. The summed E-state index contributed by atoms with van der Waals surface area (Å²) in [5.74, 6) is -0.192. The lowest BCUT2D eigenvalue weighted by Gasteiger charge is -2.18. The van der Waals surface area contributed by atoms with Gasteiger partial charge >= 0.3 is 0 Å². The van der Waals surface area contributed by atoms with Crippen molar-refractivity contribution < 1.29 is 19.2 Å². The molecule has 1 fully saturated rings. The molecule has 8 nitrogen and oxygen atoms in total. The number of amides is 1. The van der Waals surface area contributed by atoms with E-state index >= 15 is 0 Å². The number of hydrogen-bond donors (Lipinski definition) is 4. The minimum Gasteiger partial charge on any atom is -0.390 e. The van der Waals surface area contributed by atoms with Crippen molar-refractivity contribution in [2.75, 3.05) is 0 Å². The fourth-order valence-corrected chi connectivity index (χ4v) is 6.16. The molecule has 3 rings (SSSR count). The van der Waals surface area contributed by atoms with Gasteiger partial charge in [-0.2, -0.15) is 18.8 Å². The summed E-state index contributed by atoms with van der Waals surface area (Å²) < 4.78 is 23.7. The minimum absolute atomic E-state index is 0. The normalized spacial score (nSPS) is 15.5. The molecular weight excluding hydrogens is 480 g/mol. The predicted molar refractivity (Wildman–Crippen MR) is 132 cm³/mol. The number of nitriles is 1. The van der Waals surface area contributed by atoms with E-state index < -0.39 is 28.0 Å². The number of carbonyl (C=O) groups is 1. The average molecular weight is 511 g/mol. The third-order valence-electron chi connectivity index (χ3n) is 5.28. The predicted octanol–water partition coefficient (Wildman–Crippen LogP) is 3.53. The highest BCUT2D eigenvalue weighted by Gasteiger charge is 2.31. The van der Waals surface area contributed by atoms with Crippen LogP contribution >= 0.6 is 24.8 Å². The quantitative estimate of drug-likeness (QED) is 0.427. The summed E-state index contributed by atoms with van der Waals surface area (Å²) >= 11 is 0.842. The highest BCUT2D eigenvalue weighted by atomic mass is 32.2. The molecule has 0 aliphatic heterocycles. The van der Waals surface area contributed by atoms with Crippen LogP contribution in [0.2, 0.25) is 0 Å². The van der Waals surface area contributed by atoms with Crippen LogP contribution in [0.5, 0.6) is 0 Å². The SMILES string of the molecule is CC(C)c1cc(C#N)cc(C2CC2)c1CC(=O)NS(=N)(=O)c1sc(C(C)(C)O)nc1CO.S. The lowest BCUT2D eigenvalue weighted by molar-refractivity contribution is -0.118. The second kappa shape index (κ2) is 10.1. The first kappa shape index (κ1) is 27.3. The molecule has 180 valence electrons. The second-order valence-electron chi connectivity index (χ2n) is 8.90. The van der Waals surface area contributed by atoms with Crippen molar-refractivity contribution >= 4 is 40.7 Å². The van der Waals surface area contributed by atoms with E-state index in [2.05, 4.69) is 15.8 Å². The Kier molecular flexibility index (Phi) is 8.36. The van der Waals surface area contributed by atoms with Gasteiger partial charge in [-0.3, -0.25) is 9.52 Å². The van der Waals surface area contributed by atoms with Crippen LogP contribution < -0.4 is 4.72 Å². The summed E-state index contributed by atoms with van der Waals surface area (Å²) in [4.78, 5) is 17.0. The molecule has 0 radical (unpaired) electrons. The molecule has 0 bridgehead atoms. The van der Waals surface area contributed by atoms with Crippen LogP contribution in [-0.4, -0.2) is 25.3 Å². The van der Waals surface area contributed by atoms with Gasteiger partial charge in [0.25, 0.3) is 0 Å². The van der Waals surface area contributed by atoms with E-state index in [1.54, 1.807) is 6.07 Å². The third-order valence-corrected chi connectivity index (χ3v) is 8.71. The molecule has 1 amide bonds. The standard InChI is InChI=1S/C22H28N4O4S2.H2S/c1-12(2)15-7-13(10-23)8-16(14-5-6-14)17(15)9-19(28)26-32(24,30)20-18(11-27)25-21(31-20)22(3,4)29;/h7-8,12,14,27,29H,5-6,9,11H2,1-4H3,(H2,24,26,28,30);1H2. The molecule has 1 atom stereocenters. The average Bonchev–Trinajstić information content (AvgIpc) is 3.42. The number of aliphatic hydroxyl groups excluding tert-OH is 1. The molecule has 0 saturated heterocycles. The number of benzene rings is 1. The Morgan fingerprint density at radius 1 is 1.42 bits per heavy atom. The number of carbonyl (C=O) groups excluding carboxylic acids is 1. The van der Waals surface area contributed by atoms with E-state index in [1.165, 1.54) is 13.8 Å². The lowest BCUT2D eigenvalue weighted by Crippen LogP contribution is -2.31. The maximum absolute atomic E-state index is 13.1. The summed E-state index contributed by atoms with van der Waals surface area (Å²) in [5.41, 5.74) is 1.92. The zero-order valence-corrected chi connectivity index (χ0v) is 21.7. The van der Waals surface area contributed by atoms with Gasteiger partial charge in [0.2, 0.25) is 5.91 Å². The van der Waals surface area contributed by atoms with Crippen molar-refractivity contribution in [2.45, 2.75) is 75.2 Å². The molecule has 1 unspecified atom stereocenters. The Balaban J connectivity index is 0.00000385. The van der Waals surface area contributed by atoms with Crippen LogP contribution in [0, 0.1) is 16.1 Å². The van der Waals surface area contributed by atoms with Gasteiger partial charge < -0.3 is 10.2 Å². The summed E-state index contributed by atoms with van der Waals surface area (Å²) in [6, 6.07) is 5.80. The smallest absolute Gasteiger partial charge is 0.236 e. The Labute approximate surface area is 205 Å². The van der Waals surface area contributed by atoms with E-state index in [0.717, 1.165) is 40.9 Å². The number of aromatic nitrogens is 1. The Hall–Kier alpha value is -1.97. The van der Waals surface area contributed by atoms with E-state index in [0.29, 0.717) is 11.5 Å². The molecule has 1 aliphatic rings. The number of rotatable bonds is 8. The van der Waals surface area contributed by atoms with Gasteiger partial charge in [0.1, 0.15) is 14.8 Å². The van der Waals surface area contributed by atoms with Crippen LogP contribution in [-0.2, 0) is 33.3 Å². The van der Waals surface area contributed by atoms with E-state index in [-0.39, 0.29) is 40.7 Å². The number of thiazole rings is 1. The van der Waals surface area contributed by atoms with Crippen molar-refractivity contribution in [3.63, 3.8) is 0 Å². The van der Waals surface area contributed by atoms with Crippen LogP contribution in [0.4, 0.5) is 0 Å². The maximum atomic E-state index is 13.1. The van der Waals surface area contributed by atoms with Gasteiger partial charge in [0.05, 0.1) is 30.4 Å². The van der Waals surface area contributed by atoms with Gasteiger partial charge in [-0.1, -0.05) is 13.8 Å². The van der Waals surface area contributed by atoms with Crippen molar-refractivity contribution in [3.05, 3.63) is 45.1 Å². The summed E-state index contributed by atoms with van der Waals surface area (Å²) in [5, 5.41) is 29.4. The van der Waals surface area contributed by atoms with Crippen molar-refractivity contribution in [1.29, 1.82) is 10.0 Å². The maximum Gasteiger partial charge on any atom is 0.236 e. The first-order valence-corrected chi connectivity index (χ1v) is 12.7. The van der Waals surface area contributed by atoms with E-state index in [4.69, 9.17) is 4.78 Å². The topological polar surface area (TPSA) is 147 Å². The Bertz CT molecular complexity index is 1160. The van der Waals surface area contributed by atoms with Gasteiger partial charge in [-0.25, -0.2) is 14.0 Å². The number of nitrogens with zero attached hydrogens (tertiary/aromatic N) is 2. The lowest BCUT2D eigenvalue weighted by atomic mass is 9.87. The third kappa shape index (κ3) is 6.13. The van der Waals surface area contributed by atoms with Gasteiger partial charge in [-0.15, -0.1) is 11.3 Å². The zero-order valence-electron chi connectivity index (χ0n) is 19.1. The van der Waals surface area contributed by atoms with Gasteiger partial charge in [0, 0.05) is 0 Å². The molecule has 33 heavy (non-hydrogen) atoms. The molecule has 1 aliphatic carbocycles. The van der Waals surface area contributed by atoms with Gasteiger partial charge in [-0.05, 0) is 67.3 Å². The van der Waals surface area contributed by atoms with Crippen LogP contribution in [0.3, 0.4) is 0 Å². The fourth-order valence-electron chi connectivity index (χ4n) is 3.59. The molecule has 1 heterocycles. The molecule has 0 spiro atoms. The largest absolute Gasteiger partial charge is 0.390 e. The van der Waals surface area contributed by atoms with Crippen LogP contribution in [0.15, 0.2) is 16.3 Å². The minimum atomic E-state index is -3.79. The highest BCUT2D eigenvalue weighted by Crippen LogP contribution is 2.44. The van der Waals surface area contributed by atoms with Crippen LogP contribution in [0.25, 0.3) is 0 Å². The molecule has 11 heteroatoms. The second-order valence-corrected chi connectivity index (χ2v) is 11.9. The monoisotopic (exact) mass is 510 g/mol. The number of hydrogen-bond acceptors (Lipinski definition) is 8. The Morgan fingerprint density at radius 3 is 2.55 bits per heavy atom. The molecule has 2 aromatic rings. The van der Waals surface area contributed by atoms with E-state index in [9.17, 15) is 24.5 Å². The summed E-state index contributed by atoms with van der Waals surface area (Å²) in [6.45, 7) is 6.42. The molecule has 4 N–H and O–H groups in total.